The minimum Gasteiger partial charge on any atom is -0.496 e. The summed E-state index contributed by atoms with van der Waals surface area (Å²) in [4.78, 5) is 4.53. The number of ether oxygens (including phenoxy) is 2. The lowest BCUT2D eigenvalue weighted by Gasteiger charge is -2.11. The fourth-order valence-corrected chi connectivity index (χ4v) is 2.18. The van der Waals surface area contributed by atoms with Crippen molar-refractivity contribution in [1.29, 1.82) is 0 Å². The molecule has 0 fully saturated rings. The first-order chi connectivity index (χ1) is 9.71. The van der Waals surface area contributed by atoms with E-state index in [1.54, 1.807) is 14.2 Å². The van der Waals surface area contributed by atoms with Gasteiger partial charge in [0.05, 0.1) is 24.7 Å². The van der Waals surface area contributed by atoms with E-state index in [9.17, 15) is 0 Å². The van der Waals surface area contributed by atoms with Crippen LogP contribution in [-0.4, -0.2) is 39.9 Å². The van der Waals surface area contributed by atoms with Gasteiger partial charge in [0.1, 0.15) is 5.75 Å². The van der Waals surface area contributed by atoms with E-state index in [-0.39, 0.29) is 0 Å². The minimum absolute atomic E-state index is 0.602. The van der Waals surface area contributed by atoms with Gasteiger partial charge in [0.25, 0.3) is 0 Å². The Kier molecular flexibility index (Phi) is 8.06. The number of nitrogens with zero attached hydrogens (tertiary/aromatic N) is 1. The Morgan fingerprint density at radius 2 is 2.10 bits per heavy atom. The highest BCUT2D eigenvalue weighted by molar-refractivity contribution is 9.10. The van der Waals surface area contributed by atoms with E-state index >= 15 is 0 Å². The smallest absolute Gasteiger partial charge is 0.191 e. The summed E-state index contributed by atoms with van der Waals surface area (Å²) in [6, 6.07) is 5.95. The Bertz CT molecular complexity index is 438. The van der Waals surface area contributed by atoms with Crippen LogP contribution in [0, 0.1) is 0 Å². The Balaban J connectivity index is 2.63. The van der Waals surface area contributed by atoms with Crippen LogP contribution < -0.4 is 15.4 Å². The zero-order valence-electron chi connectivity index (χ0n) is 12.2. The molecule has 0 bridgehead atoms. The first kappa shape index (κ1) is 16.8. The van der Waals surface area contributed by atoms with Crippen molar-refractivity contribution in [3.05, 3.63) is 28.2 Å². The third-order valence-corrected chi connectivity index (χ3v) is 3.20. The highest BCUT2D eigenvalue weighted by Crippen LogP contribution is 2.25. The minimum atomic E-state index is 0.602. The number of benzene rings is 1. The normalized spacial score (nSPS) is 11.3. The van der Waals surface area contributed by atoms with Gasteiger partial charge >= 0.3 is 0 Å². The van der Waals surface area contributed by atoms with Gasteiger partial charge in [0.2, 0.25) is 0 Å². The standard InChI is InChI=1S/C14H22BrN3O2/c1-4-16-14(17-7-8-19-2)18-10-11-5-6-13(20-3)12(15)9-11/h5-6,9H,4,7-8,10H2,1-3H3,(H2,16,17,18). The highest BCUT2D eigenvalue weighted by atomic mass is 79.9. The second kappa shape index (κ2) is 9.61. The van der Waals surface area contributed by atoms with Gasteiger partial charge in [-0.2, -0.15) is 0 Å². The molecule has 0 aliphatic carbocycles. The molecule has 2 N–H and O–H groups in total. The van der Waals surface area contributed by atoms with E-state index in [4.69, 9.17) is 9.47 Å². The molecule has 20 heavy (non-hydrogen) atoms. The van der Waals surface area contributed by atoms with Crippen molar-refractivity contribution >= 4 is 21.9 Å². The van der Waals surface area contributed by atoms with Crippen LogP contribution in [0.15, 0.2) is 27.7 Å². The topological polar surface area (TPSA) is 54.9 Å². The number of hydrogen-bond acceptors (Lipinski definition) is 3. The monoisotopic (exact) mass is 343 g/mol. The summed E-state index contributed by atoms with van der Waals surface area (Å²) in [5.74, 6) is 1.61. The number of halogens is 1. The quantitative estimate of drug-likeness (QED) is 0.452. The molecular weight excluding hydrogens is 322 g/mol. The van der Waals surface area contributed by atoms with E-state index in [0.717, 1.165) is 34.8 Å². The fraction of sp³-hybridized carbons (Fsp3) is 0.500. The van der Waals surface area contributed by atoms with Crippen molar-refractivity contribution in [2.75, 3.05) is 33.9 Å². The van der Waals surface area contributed by atoms with E-state index in [1.807, 2.05) is 25.1 Å². The second-order valence-corrected chi connectivity index (χ2v) is 4.94. The molecule has 0 aliphatic heterocycles. The van der Waals surface area contributed by atoms with Gasteiger partial charge in [-0.1, -0.05) is 6.07 Å². The molecule has 0 heterocycles. The molecule has 0 aromatic heterocycles. The van der Waals surface area contributed by atoms with Gasteiger partial charge in [0, 0.05) is 20.2 Å². The Labute approximate surface area is 128 Å². The molecule has 0 saturated carbocycles. The highest BCUT2D eigenvalue weighted by Gasteiger charge is 2.02. The maximum Gasteiger partial charge on any atom is 0.191 e. The van der Waals surface area contributed by atoms with Gasteiger partial charge in [-0.25, -0.2) is 4.99 Å². The zero-order chi connectivity index (χ0) is 14.8. The maximum atomic E-state index is 5.21. The number of aliphatic imine (C=N–C) groups is 1. The van der Waals surface area contributed by atoms with Crippen LogP contribution in [0.4, 0.5) is 0 Å². The van der Waals surface area contributed by atoms with Crippen molar-refractivity contribution < 1.29 is 9.47 Å². The summed E-state index contributed by atoms with van der Waals surface area (Å²) in [5, 5.41) is 6.40. The van der Waals surface area contributed by atoms with Gasteiger partial charge in [-0.05, 0) is 40.5 Å². The lowest BCUT2D eigenvalue weighted by atomic mass is 10.2. The van der Waals surface area contributed by atoms with Crippen molar-refractivity contribution in [2.24, 2.45) is 4.99 Å². The summed E-state index contributed by atoms with van der Waals surface area (Å²) < 4.78 is 11.2. The molecule has 0 unspecified atom stereocenters. The Morgan fingerprint density at radius 1 is 1.30 bits per heavy atom. The molecule has 1 aromatic carbocycles. The first-order valence-electron chi connectivity index (χ1n) is 6.54. The van der Waals surface area contributed by atoms with E-state index in [1.165, 1.54) is 0 Å². The number of hydrogen-bond donors (Lipinski definition) is 2. The zero-order valence-corrected chi connectivity index (χ0v) is 13.8. The third-order valence-electron chi connectivity index (χ3n) is 2.58. The molecule has 1 aromatic rings. The van der Waals surface area contributed by atoms with Crippen LogP contribution in [-0.2, 0) is 11.3 Å². The maximum absolute atomic E-state index is 5.21. The summed E-state index contributed by atoms with van der Waals surface area (Å²) in [6.07, 6.45) is 0. The van der Waals surface area contributed by atoms with Crippen molar-refractivity contribution in [3.63, 3.8) is 0 Å². The van der Waals surface area contributed by atoms with Crippen LogP contribution in [0.25, 0.3) is 0 Å². The SMILES string of the molecule is CCNC(=NCc1ccc(OC)c(Br)c1)NCCOC. The van der Waals surface area contributed by atoms with Crippen LogP contribution in [0.1, 0.15) is 12.5 Å². The van der Waals surface area contributed by atoms with Crippen LogP contribution in [0.5, 0.6) is 5.75 Å². The Hall–Kier alpha value is -1.27. The second-order valence-electron chi connectivity index (χ2n) is 4.08. The van der Waals surface area contributed by atoms with Crippen molar-refractivity contribution in [1.82, 2.24) is 10.6 Å². The van der Waals surface area contributed by atoms with Crippen LogP contribution >= 0.6 is 15.9 Å². The van der Waals surface area contributed by atoms with Gasteiger partial charge < -0.3 is 20.1 Å². The molecule has 0 saturated heterocycles. The fourth-order valence-electron chi connectivity index (χ4n) is 1.59. The van der Waals surface area contributed by atoms with E-state index in [0.29, 0.717) is 13.2 Å². The summed E-state index contributed by atoms with van der Waals surface area (Å²) in [6.45, 7) is 4.85. The average molecular weight is 344 g/mol. The molecule has 0 amide bonds. The van der Waals surface area contributed by atoms with Crippen molar-refractivity contribution in [2.45, 2.75) is 13.5 Å². The molecule has 1 rings (SSSR count). The van der Waals surface area contributed by atoms with Gasteiger partial charge in [0.15, 0.2) is 5.96 Å². The summed E-state index contributed by atoms with van der Waals surface area (Å²) >= 11 is 3.48. The number of guanidine groups is 1. The summed E-state index contributed by atoms with van der Waals surface area (Å²) in [7, 11) is 3.33. The lowest BCUT2D eigenvalue weighted by molar-refractivity contribution is 0.203. The molecule has 6 heteroatoms. The molecule has 0 radical (unpaired) electrons. The lowest BCUT2D eigenvalue weighted by Crippen LogP contribution is -2.38. The summed E-state index contributed by atoms with van der Waals surface area (Å²) in [5.41, 5.74) is 1.11. The molecular formula is C14H22BrN3O2. The number of methoxy groups -OCH3 is 2. The number of rotatable bonds is 7. The van der Waals surface area contributed by atoms with Crippen LogP contribution in [0.2, 0.25) is 0 Å². The number of nitrogens with one attached hydrogen (secondary N) is 2. The molecule has 0 spiro atoms. The molecule has 0 aliphatic rings. The van der Waals surface area contributed by atoms with Gasteiger partial charge in [-0.3, -0.25) is 0 Å². The van der Waals surface area contributed by atoms with E-state index in [2.05, 4.69) is 31.6 Å². The van der Waals surface area contributed by atoms with E-state index < -0.39 is 0 Å². The molecule has 112 valence electrons. The molecule has 0 atom stereocenters. The van der Waals surface area contributed by atoms with Crippen LogP contribution in [0.3, 0.4) is 0 Å². The third kappa shape index (κ3) is 5.79. The van der Waals surface area contributed by atoms with Crippen molar-refractivity contribution in [3.8, 4) is 5.75 Å². The average Bonchev–Trinajstić information content (AvgIpc) is 2.45. The Morgan fingerprint density at radius 3 is 2.70 bits per heavy atom. The molecule has 5 nitrogen and oxygen atoms in total. The predicted molar refractivity (Wildman–Crippen MR) is 85.4 cm³/mol. The van der Waals surface area contributed by atoms with Gasteiger partial charge in [-0.15, -0.1) is 0 Å². The predicted octanol–water partition coefficient (Wildman–Crippen LogP) is 2.16. The first-order valence-corrected chi connectivity index (χ1v) is 7.34. The largest absolute Gasteiger partial charge is 0.496 e.